The first kappa shape index (κ1) is 31.7. The second kappa shape index (κ2) is 14.4. The quantitative estimate of drug-likeness (QED) is 0.151. The van der Waals surface area contributed by atoms with E-state index in [1.807, 2.05) is 48.7 Å². The average molecular weight is 660 g/mol. The van der Waals surface area contributed by atoms with E-state index in [9.17, 15) is 14.4 Å². The van der Waals surface area contributed by atoms with Crippen LogP contribution in [0.2, 0.25) is 10.0 Å². The van der Waals surface area contributed by atoms with Crippen LogP contribution in [0.25, 0.3) is 17.0 Å². The van der Waals surface area contributed by atoms with Gasteiger partial charge >= 0.3 is 0 Å². The lowest BCUT2D eigenvalue weighted by atomic mass is 10.1. The molecule has 8 nitrogen and oxygen atoms in total. The monoisotopic (exact) mass is 658 g/mol. The van der Waals surface area contributed by atoms with Gasteiger partial charge in [-0.25, -0.2) is 4.98 Å². The highest BCUT2D eigenvalue weighted by Gasteiger charge is 2.19. The number of nitrogens with one attached hydrogen (secondary N) is 2. The van der Waals surface area contributed by atoms with Crippen LogP contribution in [0, 0.1) is 6.92 Å². The molecule has 5 aromatic rings. The normalized spacial score (nSPS) is 11.0. The molecule has 0 aliphatic heterocycles. The van der Waals surface area contributed by atoms with Gasteiger partial charge in [-0.1, -0.05) is 59.6 Å². The minimum atomic E-state index is -0.443. The number of fused-ring (bicyclic) bond motifs is 1. The number of anilines is 2. The zero-order valence-electron chi connectivity index (χ0n) is 24.3. The van der Waals surface area contributed by atoms with Gasteiger partial charge in [-0.05, 0) is 66.4 Å². The van der Waals surface area contributed by atoms with E-state index < -0.39 is 5.91 Å². The maximum Gasteiger partial charge on any atom is 0.265 e. The number of hydrogen-bond acceptors (Lipinski definition) is 6. The van der Waals surface area contributed by atoms with Crippen LogP contribution in [-0.2, 0) is 16.2 Å². The largest absolute Gasteiger partial charge is 0.487 e. The van der Waals surface area contributed by atoms with E-state index in [0.717, 1.165) is 22.2 Å². The van der Waals surface area contributed by atoms with Gasteiger partial charge in [-0.15, -0.1) is 11.3 Å². The van der Waals surface area contributed by atoms with Gasteiger partial charge in [-0.2, -0.15) is 0 Å². The molecule has 2 heterocycles. The summed E-state index contributed by atoms with van der Waals surface area (Å²) in [7, 11) is 1.57. The molecule has 0 aliphatic carbocycles. The molecule has 0 bridgehead atoms. The molecule has 2 N–H and O–H groups in total. The Morgan fingerprint density at radius 3 is 2.53 bits per heavy atom. The summed E-state index contributed by atoms with van der Waals surface area (Å²) in [5.41, 5.74) is 3.93. The smallest absolute Gasteiger partial charge is 0.265 e. The van der Waals surface area contributed by atoms with E-state index in [1.165, 1.54) is 22.3 Å². The van der Waals surface area contributed by atoms with Crippen LogP contribution in [0.3, 0.4) is 0 Å². The van der Waals surface area contributed by atoms with Crippen molar-refractivity contribution in [1.82, 2.24) is 10.3 Å². The molecule has 3 amide bonds. The molecular formula is C34H28Cl2N4O4S. The summed E-state index contributed by atoms with van der Waals surface area (Å²) in [6.07, 6.45) is 2.95. The summed E-state index contributed by atoms with van der Waals surface area (Å²) in [6, 6.07) is 23.5. The van der Waals surface area contributed by atoms with Crippen molar-refractivity contribution in [2.45, 2.75) is 13.5 Å². The Morgan fingerprint density at radius 1 is 0.978 bits per heavy atom. The third-order valence-electron chi connectivity index (χ3n) is 6.85. The van der Waals surface area contributed by atoms with Crippen LogP contribution in [0.15, 0.2) is 90.3 Å². The maximum absolute atomic E-state index is 13.0. The SMILES string of the molecule is Cc1ccc2cccc(OCc3c(Cl)ccc(N(C)C(=O)CNC(=O)/C=C/c4ccc(NC(=O)c5cccs5)cc4)c3Cl)c2n1. The molecule has 3 aromatic carbocycles. The van der Waals surface area contributed by atoms with E-state index in [0.29, 0.717) is 32.6 Å². The molecule has 45 heavy (non-hydrogen) atoms. The van der Waals surface area contributed by atoms with Crippen molar-refractivity contribution in [1.29, 1.82) is 0 Å². The van der Waals surface area contributed by atoms with E-state index >= 15 is 0 Å². The second-order valence-electron chi connectivity index (χ2n) is 9.99. The van der Waals surface area contributed by atoms with Crippen LogP contribution >= 0.6 is 34.5 Å². The average Bonchev–Trinajstić information content (AvgIpc) is 3.59. The minimum absolute atomic E-state index is 0.0613. The number of carbonyl (C=O) groups excluding carboxylic acids is 3. The molecule has 0 atom stereocenters. The van der Waals surface area contributed by atoms with Crippen molar-refractivity contribution in [3.8, 4) is 5.75 Å². The molecule has 0 aliphatic rings. The lowest BCUT2D eigenvalue weighted by molar-refractivity contribution is -0.122. The summed E-state index contributed by atoms with van der Waals surface area (Å²) < 4.78 is 6.08. The highest BCUT2D eigenvalue weighted by Crippen LogP contribution is 2.35. The van der Waals surface area contributed by atoms with Gasteiger partial charge in [-0.3, -0.25) is 14.4 Å². The Labute approximate surface area is 274 Å². The number of carbonyl (C=O) groups is 3. The molecule has 0 saturated carbocycles. The van der Waals surface area contributed by atoms with Crippen LogP contribution in [0.1, 0.15) is 26.5 Å². The number of ether oxygens (including phenoxy) is 1. The summed E-state index contributed by atoms with van der Waals surface area (Å²) in [5.74, 6) is -0.416. The van der Waals surface area contributed by atoms with Crippen molar-refractivity contribution >= 4 is 80.6 Å². The number of thiophene rings is 1. The summed E-state index contributed by atoms with van der Waals surface area (Å²) >= 11 is 14.5. The molecular weight excluding hydrogens is 631 g/mol. The molecule has 0 fully saturated rings. The fraction of sp³-hybridized carbons (Fsp3) is 0.118. The van der Waals surface area contributed by atoms with Crippen LogP contribution in [0.5, 0.6) is 5.75 Å². The maximum atomic E-state index is 13.0. The highest BCUT2D eigenvalue weighted by atomic mass is 35.5. The minimum Gasteiger partial charge on any atom is -0.487 e. The Balaban J connectivity index is 1.16. The standard InChI is InChI=1S/C34H28Cl2N4O4S/c1-21-8-12-23-5-3-6-28(33(23)38-21)44-20-25-26(35)15-16-27(32(25)36)40(2)31(42)19-37-30(41)17-11-22-9-13-24(14-10-22)39-34(43)29-7-4-18-45-29/h3-18H,19-20H2,1-2H3,(H,37,41)(H,39,43)/b17-11+. The number of hydrogen-bond donors (Lipinski definition) is 2. The number of para-hydroxylation sites is 1. The number of benzene rings is 3. The Kier molecular flexibility index (Phi) is 10.1. The van der Waals surface area contributed by atoms with Crippen molar-refractivity contribution in [3.05, 3.63) is 122 Å². The summed E-state index contributed by atoms with van der Waals surface area (Å²) in [4.78, 5) is 44.2. The summed E-state index contributed by atoms with van der Waals surface area (Å²) in [5, 5.41) is 8.87. The molecule has 228 valence electrons. The molecule has 0 saturated heterocycles. The second-order valence-corrected chi connectivity index (χ2v) is 11.7. The number of halogens is 2. The lowest BCUT2D eigenvalue weighted by Gasteiger charge is -2.21. The van der Waals surface area contributed by atoms with Crippen molar-refractivity contribution in [2.24, 2.45) is 0 Å². The van der Waals surface area contributed by atoms with Gasteiger partial charge in [0.1, 0.15) is 17.9 Å². The van der Waals surface area contributed by atoms with Gasteiger partial charge in [0.15, 0.2) is 0 Å². The number of aryl methyl sites for hydroxylation is 1. The zero-order chi connectivity index (χ0) is 31.9. The van der Waals surface area contributed by atoms with Gasteiger partial charge < -0.3 is 20.3 Å². The number of amides is 3. The van der Waals surface area contributed by atoms with Gasteiger partial charge in [0.2, 0.25) is 11.8 Å². The Bertz CT molecular complexity index is 1890. The van der Waals surface area contributed by atoms with E-state index in [1.54, 1.807) is 55.6 Å². The first-order chi connectivity index (χ1) is 21.7. The van der Waals surface area contributed by atoms with Gasteiger partial charge in [0.25, 0.3) is 5.91 Å². The molecule has 0 unspecified atom stereocenters. The fourth-order valence-electron chi connectivity index (χ4n) is 4.38. The van der Waals surface area contributed by atoms with Crippen LogP contribution < -0.4 is 20.3 Å². The molecule has 2 aromatic heterocycles. The van der Waals surface area contributed by atoms with E-state index in [2.05, 4.69) is 15.6 Å². The fourth-order valence-corrected chi connectivity index (χ4v) is 5.61. The number of nitrogens with zero attached hydrogens (tertiary/aromatic N) is 2. The lowest BCUT2D eigenvalue weighted by Crippen LogP contribution is -2.37. The molecule has 11 heteroatoms. The third kappa shape index (κ3) is 7.88. The Morgan fingerprint density at radius 2 is 1.78 bits per heavy atom. The number of rotatable bonds is 10. The number of likely N-dealkylation sites (N-methyl/N-ethyl adjacent to an activating group) is 1. The van der Waals surface area contributed by atoms with Crippen molar-refractivity contribution < 1.29 is 19.1 Å². The predicted molar refractivity (Wildman–Crippen MR) is 181 cm³/mol. The van der Waals surface area contributed by atoms with Gasteiger partial charge in [0, 0.05) is 40.5 Å². The number of aromatic nitrogens is 1. The Hall–Kier alpha value is -4.70. The van der Waals surface area contributed by atoms with Crippen molar-refractivity contribution in [3.63, 3.8) is 0 Å². The van der Waals surface area contributed by atoms with Gasteiger partial charge in [0.05, 0.1) is 22.1 Å². The number of pyridine rings is 1. The van der Waals surface area contributed by atoms with Crippen molar-refractivity contribution in [2.75, 3.05) is 23.8 Å². The zero-order valence-corrected chi connectivity index (χ0v) is 26.7. The third-order valence-corrected chi connectivity index (χ3v) is 8.49. The first-order valence-electron chi connectivity index (χ1n) is 13.8. The topological polar surface area (TPSA) is 101 Å². The molecule has 5 rings (SSSR count). The van der Waals surface area contributed by atoms with Crippen LogP contribution in [0.4, 0.5) is 11.4 Å². The highest BCUT2D eigenvalue weighted by molar-refractivity contribution is 7.12. The predicted octanol–water partition coefficient (Wildman–Crippen LogP) is 7.54. The summed E-state index contributed by atoms with van der Waals surface area (Å²) in [6.45, 7) is 1.72. The molecule has 0 radical (unpaired) electrons. The van der Waals surface area contributed by atoms with E-state index in [-0.39, 0.29) is 30.0 Å². The van der Waals surface area contributed by atoms with E-state index in [4.69, 9.17) is 27.9 Å². The first-order valence-corrected chi connectivity index (χ1v) is 15.5. The van der Waals surface area contributed by atoms with Crippen LogP contribution in [-0.4, -0.2) is 36.3 Å². The molecule has 0 spiro atoms.